The summed E-state index contributed by atoms with van der Waals surface area (Å²) in [6, 6.07) is 11.4. The fourth-order valence-corrected chi connectivity index (χ4v) is 2.91. The number of carbonyl (C=O) groups is 1. The normalized spacial score (nSPS) is 13.3. The van der Waals surface area contributed by atoms with E-state index in [0.29, 0.717) is 19.0 Å². The Kier molecular flexibility index (Phi) is 4.46. The summed E-state index contributed by atoms with van der Waals surface area (Å²) in [6.45, 7) is 1.10. The number of hydrogen-bond donors (Lipinski definition) is 0. The lowest BCUT2D eigenvalue weighted by Crippen LogP contribution is -2.41. The molecule has 6 heteroatoms. The summed E-state index contributed by atoms with van der Waals surface area (Å²) in [7, 11) is 4.87. The van der Waals surface area contributed by atoms with Crippen molar-refractivity contribution in [3.63, 3.8) is 0 Å². The lowest BCUT2D eigenvalue weighted by molar-refractivity contribution is -0.107. The Morgan fingerprint density at radius 2 is 1.58 bits per heavy atom. The van der Waals surface area contributed by atoms with Crippen LogP contribution in [0.3, 0.4) is 0 Å². The number of rotatable bonds is 5. The highest BCUT2D eigenvalue weighted by Gasteiger charge is 2.25. The molecule has 126 valence electrons. The Hall–Kier alpha value is -2.89. The summed E-state index contributed by atoms with van der Waals surface area (Å²) in [4.78, 5) is 15.3. The first-order valence-corrected chi connectivity index (χ1v) is 7.56. The molecule has 1 aliphatic rings. The number of ether oxygens (including phenoxy) is 3. The number of carbonyl (C=O) groups excluding carboxylic acids is 1. The zero-order valence-electron chi connectivity index (χ0n) is 14.0. The van der Waals surface area contributed by atoms with Gasteiger partial charge in [-0.15, -0.1) is 0 Å². The molecule has 0 aliphatic carbocycles. The average molecular weight is 328 g/mol. The maximum absolute atomic E-state index is 11.5. The minimum atomic E-state index is 0.450. The number of amides is 1. The summed E-state index contributed by atoms with van der Waals surface area (Å²) in [5, 5.41) is 0. The molecule has 6 nitrogen and oxygen atoms in total. The van der Waals surface area contributed by atoms with Gasteiger partial charge in [-0.05, 0) is 35.9 Å². The van der Waals surface area contributed by atoms with Crippen molar-refractivity contribution < 1.29 is 19.0 Å². The molecule has 0 spiro atoms. The van der Waals surface area contributed by atoms with Gasteiger partial charge in [0, 0.05) is 12.6 Å². The van der Waals surface area contributed by atoms with Crippen molar-refractivity contribution in [3.8, 4) is 17.2 Å². The third kappa shape index (κ3) is 2.82. The van der Waals surface area contributed by atoms with Gasteiger partial charge in [-0.1, -0.05) is 0 Å². The fraction of sp³-hybridized carbons (Fsp3) is 0.278. The van der Waals surface area contributed by atoms with E-state index in [1.165, 1.54) is 0 Å². The molecule has 0 radical (unpaired) electrons. The fourth-order valence-electron chi connectivity index (χ4n) is 2.91. The van der Waals surface area contributed by atoms with E-state index in [9.17, 15) is 4.79 Å². The molecule has 1 heterocycles. The van der Waals surface area contributed by atoms with Crippen LogP contribution in [-0.2, 0) is 11.3 Å². The van der Waals surface area contributed by atoms with Gasteiger partial charge >= 0.3 is 0 Å². The largest absolute Gasteiger partial charge is 0.497 e. The quantitative estimate of drug-likeness (QED) is 0.790. The van der Waals surface area contributed by atoms with E-state index < -0.39 is 0 Å². The second-order valence-electron chi connectivity index (χ2n) is 5.45. The minimum absolute atomic E-state index is 0.450. The smallest absolute Gasteiger partial charge is 0.215 e. The van der Waals surface area contributed by atoms with E-state index in [-0.39, 0.29) is 0 Å². The van der Waals surface area contributed by atoms with Crippen molar-refractivity contribution in [1.82, 2.24) is 0 Å². The first kappa shape index (κ1) is 16.0. The monoisotopic (exact) mass is 328 g/mol. The van der Waals surface area contributed by atoms with E-state index in [0.717, 1.165) is 34.8 Å². The summed E-state index contributed by atoms with van der Waals surface area (Å²) in [6.07, 6.45) is 0.841. The molecule has 0 atom stereocenters. The molecule has 1 amide bonds. The molecule has 2 aromatic carbocycles. The average Bonchev–Trinajstić information content (AvgIpc) is 2.65. The van der Waals surface area contributed by atoms with E-state index in [4.69, 9.17) is 14.2 Å². The van der Waals surface area contributed by atoms with E-state index in [2.05, 4.69) is 4.90 Å². The van der Waals surface area contributed by atoms with Crippen LogP contribution >= 0.6 is 0 Å². The molecule has 0 N–H and O–H groups in total. The lowest BCUT2D eigenvalue weighted by Gasteiger charge is -2.37. The molecule has 1 aliphatic heterocycles. The molecule has 0 aromatic heterocycles. The second-order valence-corrected chi connectivity index (χ2v) is 5.45. The minimum Gasteiger partial charge on any atom is -0.497 e. The van der Waals surface area contributed by atoms with Gasteiger partial charge in [-0.2, -0.15) is 0 Å². The molecular weight excluding hydrogens is 308 g/mol. The second kappa shape index (κ2) is 6.70. The Bertz CT molecular complexity index is 748. The van der Waals surface area contributed by atoms with Gasteiger partial charge in [-0.25, -0.2) is 0 Å². The highest BCUT2D eigenvalue weighted by atomic mass is 16.5. The van der Waals surface area contributed by atoms with Crippen molar-refractivity contribution in [1.29, 1.82) is 0 Å². The Balaban J connectivity index is 2.00. The van der Waals surface area contributed by atoms with Crippen LogP contribution in [-0.4, -0.2) is 34.4 Å². The molecule has 0 saturated heterocycles. The Morgan fingerprint density at radius 3 is 2.21 bits per heavy atom. The predicted octanol–water partition coefficient (Wildman–Crippen LogP) is 2.65. The molecule has 0 fully saturated rings. The Labute approximate surface area is 141 Å². The van der Waals surface area contributed by atoms with Crippen LogP contribution in [0.4, 0.5) is 11.4 Å². The van der Waals surface area contributed by atoms with Crippen molar-refractivity contribution in [2.24, 2.45) is 0 Å². The predicted molar refractivity (Wildman–Crippen MR) is 92.1 cm³/mol. The van der Waals surface area contributed by atoms with Gasteiger partial charge in [0.15, 0.2) is 0 Å². The van der Waals surface area contributed by atoms with Crippen molar-refractivity contribution >= 4 is 17.8 Å². The number of anilines is 2. The molecular formula is C18H20N2O4. The molecule has 0 unspecified atom stereocenters. The zero-order chi connectivity index (χ0) is 17.1. The summed E-state index contributed by atoms with van der Waals surface area (Å²) in [5.41, 5.74) is 2.82. The number of nitrogens with zero attached hydrogens (tertiary/aromatic N) is 2. The number of methoxy groups -OCH3 is 3. The summed E-state index contributed by atoms with van der Waals surface area (Å²) < 4.78 is 16.0. The van der Waals surface area contributed by atoms with Crippen LogP contribution in [0, 0.1) is 0 Å². The van der Waals surface area contributed by atoms with Gasteiger partial charge in [0.05, 0.1) is 39.4 Å². The van der Waals surface area contributed by atoms with Gasteiger partial charge in [0.1, 0.15) is 17.2 Å². The van der Waals surface area contributed by atoms with Crippen LogP contribution in [0.1, 0.15) is 5.56 Å². The number of benzene rings is 2. The SMILES string of the molecule is COc1ccc2c(c1)CN(c1ccc(OC)cc1OC)CN2C=O. The molecule has 0 saturated carbocycles. The van der Waals surface area contributed by atoms with Crippen molar-refractivity contribution in [2.45, 2.75) is 6.54 Å². The topological polar surface area (TPSA) is 51.2 Å². The number of fused-ring (bicyclic) bond motifs is 1. The van der Waals surface area contributed by atoms with E-state index >= 15 is 0 Å². The van der Waals surface area contributed by atoms with Gasteiger partial charge in [0.25, 0.3) is 0 Å². The van der Waals surface area contributed by atoms with Crippen LogP contribution in [0.2, 0.25) is 0 Å². The summed E-state index contributed by atoms with van der Waals surface area (Å²) in [5.74, 6) is 2.19. The molecule has 2 aromatic rings. The molecule has 3 rings (SSSR count). The standard InChI is InChI=1S/C18H20N2O4/c1-22-14-4-6-16-13(8-14)10-19(11-20(16)12-21)17-7-5-15(23-2)9-18(17)24-3/h4-9,12H,10-11H2,1-3H3. The van der Waals surface area contributed by atoms with Crippen LogP contribution in [0.15, 0.2) is 36.4 Å². The van der Waals surface area contributed by atoms with Gasteiger partial charge in [-0.3, -0.25) is 9.69 Å². The highest BCUT2D eigenvalue weighted by molar-refractivity contribution is 5.80. The van der Waals surface area contributed by atoms with Crippen LogP contribution in [0.25, 0.3) is 0 Å². The maximum Gasteiger partial charge on any atom is 0.215 e. The highest BCUT2D eigenvalue weighted by Crippen LogP contribution is 2.37. The van der Waals surface area contributed by atoms with Gasteiger partial charge < -0.3 is 19.1 Å². The van der Waals surface area contributed by atoms with E-state index in [1.54, 1.807) is 26.2 Å². The van der Waals surface area contributed by atoms with E-state index in [1.807, 2.05) is 36.4 Å². The van der Waals surface area contributed by atoms with Crippen LogP contribution in [0.5, 0.6) is 17.2 Å². The maximum atomic E-state index is 11.5. The zero-order valence-corrected chi connectivity index (χ0v) is 14.0. The first-order chi connectivity index (χ1) is 11.7. The lowest BCUT2D eigenvalue weighted by atomic mass is 10.1. The van der Waals surface area contributed by atoms with Crippen molar-refractivity contribution in [2.75, 3.05) is 37.8 Å². The summed E-state index contributed by atoms with van der Waals surface area (Å²) >= 11 is 0. The third-order valence-electron chi connectivity index (χ3n) is 4.14. The number of hydrogen-bond acceptors (Lipinski definition) is 5. The Morgan fingerprint density at radius 1 is 0.917 bits per heavy atom. The molecule has 24 heavy (non-hydrogen) atoms. The third-order valence-corrected chi connectivity index (χ3v) is 4.14. The first-order valence-electron chi connectivity index (χ1n) is 7.56. The van der Waals surface area contributed by atoms with Crippen molar-refractivity contribution in [3.05, 3.63) is 42.0 Å². The van der Waals surface area contributed by atoms with Crippen LogP contribution < -0.4 is 24.0 Å². The molecule has 0 bridgehead atoms. The van der Waals surface area contributed by atoms with Gasteiger partial charge in [0.2, 0.25) is 6.41 Å².